The van der Waals surface area contributed by atoms with Crippen LogP contribution in [0.25, 0.3) is 21.8 Å². The van der Waals surface area contributed by atoms with Crippen molar-refractivity contribution in [2.45, 2.75) is 39.8 Å². The molecule has 0 aliphatic heterocycles. The van der Waals surface area contributed by atoms with Crippen molar-refractivity contribution in [2.24, 2.45) is 0 Å². The first-order valence-corrected chi connectivity index (χ1v) is 19.1. The van der Waals surface area contributed by atoms with Gasteiger partial charge in [-0.1, -0.05) is 54.6 Å². The molecule has 8 rings (SSSR count). The topological polar surface area (TPSA) is 80.9 Å². The summed E-state index contributed by atoms with van der Waals surface area (Å²) in [5.41, 5.74) is 6.02. The molecule has 0 aliphatic carbocycles. The van der Waals surface area contributed by atoms with Gasteiger partial charge in [-0.2, -0.15) is 0 Å². The van der Waals surface area contributed by atoms with Gasteiger partial charge in [0.1, 0.15) is 53.5 Å². The molecule has 0 atom stereocenters. The Morgan fingerprint density at radius 2 is 0.949 bits per heavy atom. The van der Waals surface area contributed by atoms with E-state index in [-0.39, 0.29) is 13.1 Å². The number of methoxy groups -OCH3 is 1. The number of nitrogens with zero attached hydrogens (tertiary/aromatic N) is 2. The SMILES string of the molecule is COc1ccc(Oc2ccccc2Cc2c(C)n(CC(=O)OC(=O)Cn3c(C)c(Cc4ccccc4Oc4ccccc4)c4cc(F)ccc43)c3ccc(F)cc23)cc1. The fraction of sp³-hybridized carbons (Fsp3) is 0.143. The number of ether oxygens (including phenoxy) is 4. The molecule has 296 valence electrons. The number of benzene rings is 6. The molecule has 0 fully saturated rings. The maximum Gasteiger partial charge on any atom is 0.333 e. The maximum absolute atomic E-state index is 14.8. The highest BCUT2D eigenvalue weighted by molar-refractivity contribution is 5.91. The lowest BCUT2D eigenvalue weighted by Crippen LogP contribution is -2.22. The largest absolute Gasteiger partial charge is 0.497 e. The molecular formula is C49H40F2N2O6. The highest BCUT2D eigenvalue weighted by Gasteiger charge is 2.23. The van der Waals surface area contributed by atoms with E-state index in [9.17, 15) is 18.4 Å². The monoisotopic (exact) mass is 790 g/mol. The number of hydrogen-bond acceptors (Lipinski definition) is 6. The molecule has 10 heteroatoms. The molecule has 0 spiro atoms. The smallest absolute Gasteiger partial charge is 0.333 e. The third-order valence-corrected chi connectivity index (χ3v) is 10.6. The average Bonchev–Trinajstić information content (AvgIpc) is 3.63. The second kappa shape index (κ2) is 16.7. The van der Waals surface area contributed by atoms with Crippen LogP contribution in [-0.4, -0.2) is 28.2 Å². The van der Waals surface area contributed by atoms with Crippen LogP contribution in [0.5, 0.6) is 28.7 Å². The Bertz CT molecular complexity index is 2830. The molecule has 2 aromatic heterocycles. The Morgan fingerprint density at radius 1 is 0.525 bits per heavy atom. The van der Waals surface area contributed by atoms with E-state index in [1.807, 2.05) is 117 Å². The molecular weight excluding hydrogens is 751 g/mol. The van der Waals surface area contributed by atoms with Crippen molar-refractivity contribution in [1.29, 1.82) is 0 Å². The summed E-state index contributed by atoms with van der Waals surface area (Å²) >= 11 is 0. The summed E-state index contributed by atoms with van der Waals surface area (Å²) in [6.07, 6.45) is 0.779. The number of fused-ring (bicyclic) bond motifs is 2. The number of aromatic nitrogens is 2. The normalized spacial score (nSPS) is 11.2. The molecule has 8 aromatic rings. The Morgan fingerprint density at radius 3 is 1.42 bits per heavy atom. The minimum atomic E-state index is -0.776. The van der Waals surface area contributed by atoms with E-state index in [0.717, 1.165) is 27.9 Å². The van der Waals surface area contributed by atoms with Gasteiger partial charge in [0.2, 0.25) is 0 Å². The molecule has 0 unspecified atom stereocenters. The zero-order chi connectivity index (χ0) is 41.0. The van der Waals surface area contributed by atoms with Crippen LogP contribution in [0.1, 0.15) is 33.6 Å². The number of carbonyl (C=O) groups excluding carboxylic acids is 2. The minimum Gasteiger partial charge on any atom is -0.497 e. The maximum atomic E-state index is 14.8. The van der Waals surface area contributed by atoms with Crippen molar-refractivity contribution < 1.29 is 37.3 Å². The van der Waals surface area contributed by atoms with E-state index in [1.54, 1.807) is 28.4 Å². The summed E-state index contributed by atoms with van der Waals surface area (Å²) in [7, 11) is 1.60. The number of carbonyl (C=O) groups is 2. The van der Waals surface area contributed by atoms with Gasteiger partial charge in [0.25, 0.3) is 0 Å². The van der Waals surface area contributed by atoms with E-state index in [1.165, 1.54) is 24.3 Å². The number of rotatable bonds is 13. The summed E-state index contributed by atoms with van der Waals surface area (Å²) in [4.78, 5) is 27.1. The summed E-state index contributed by atoms with van der Waals surface area (Å²) in [5.74, 6) is 0.921. The van der Waals surface area contributed by atoms with Gasteiger partial charge in [-0.05, 0) is 121 Å². The van der Waals surface area contributed by atoms with Crippen molar-refractivity contribution in [2.75, 3.05) is 7.11 Å². The average molecular weight is 791 g/mol. The van der Waals surface area contributed by atoms with Crippen molar-refractivity contribution in [3.05, 3.63) is 185 Å². The highest BCUT2D eigenvalue weighted by atomic mass is 19.1. The Kier molecular flexibility index (Phi) is 11.0. The molecule has 0 N–H and O–H groups in total. The molecule has 0 amide bonds. The highest BCUT2D eigenvalue weighted by Crippen LogP contribution is 2.35. The van der Waals surface area contributed by atoms with Gasteiger partial charge in [0, 0.05) is 46.0 Å². The van der Waals surface area contributed by atoms with Gasteiger partial charge in [-0.3, -0.25) is 0 Å². The number of hydrogen-bond donors (Lipinski definition) is 0. The predicted molar refractivity (Wildman–Crippen MR) is 222 cm³/mol. The van der Waals surface area contributed by atoms with Gasteiger partial charge in [-0.15, -0.1) is 0 Å². The molecule has 0 aliphatic rings. The molecule has 6 aromatic carbocycles. The Hall–Kier alpha value is -7.20. The molecule has 0 saturated heterocycles. The number of esters is 2. The standard InChI is InChI=1S/C49H40F2N2O6/c1-31-40(25-33-11-7-9-15-46(33)57-38-13-5-4-6-14-38)42-27-35(50)17-23-44(42)52(31)29-48(54)59-49(55)30-53-32(2)41(43-28-36(51)18-24-45(43)53)26-34-12-8-10-16-47(34)58-39-21-19-37(56-3)20-22-39/h4-24,27-28H,25-26,29-30H2,1-3H3. The lowest BCUT2D eigenvalue weighted by atomic mass is 10.0. The third kappa shape index (κ3) is 8.29. The van der Waals surface area contributed by atoms with Crippen molar-refractivity contribution in [1.82, 2.24) is 9.13 Å². The van der Waals surface area contributed by atoms with Crippen LogP contribution in [0.3, 0.4) is 0 Å². The van der Waals surface area contributed by atoms with Crippen LogP contribution in [0.4, 0.5) is 8.78 Å². The zero-order valence-corrected chi connectivity index (χ0v) is 32.7. The van der Waals surface area contributed by atoms with Crippen LogP contribution in [-0.2, 0) is 40.3 Å². The van der Waals surface area contributed by atoms with Gasteiger partial charge in [0.05, 0.1) is 7.11 Å². The van der Waals surface area contributed by atoms with Crippen LogP contribution >= 0.6 is 0 Å². The fourth-order valence-corrected chi connectivity index (χ4v) is 7.62. The van der Waals surface area contributed by atoms with Gasteiger partial charge < -0.3 is 28.1 Å². The van der Waals surface area contributed by atoms with Crippen LogP contribution in [0, 0.1) is 25.5 Å². The second-order valence-electron chi connectivity index (χ2n) is 14.2. The lowest BCUT2D eigenvalue weighted by molar-refractivity contribution is -0.160. The molecule has 0 saturated carbocycles. The first kappa shape index (κ1) is 38.7. The van der Waals surface area contributed by atoms with Crippen LogP contribution < -0.4 is 14.2 Å². The Balaban J connectivity index is 1.02. The fourth-order valence-electron chi connectivity index (χ4n) is 7.62. The van der Waals surface area contributed by atoms with E-state index in [2.05, 4.69) is 0 Å². The van der Waals surface area contributed by atoms with Crippen LogP contribution in [0.15, 0.2) is 140 Å². The molecule has 2 heterocycles. The molecule has 59 heavy (non-hydrogen) atoms. The number of halogens is 2. The predicted octanol–water partition coefficient (Wildman–Crippen LogP) is 11.0. The van der Waals surface area contributed by atoms with Crippen molar-refractivity contribution >= 4 is 33.7 Å². The van der Waals surface area contributed by atoms with Gasteiger partial charge in [0.15, 0.2) is 0 Å². The molecule has 0 bridgehead atoms. The minimum absolute atomic E-state index is 0.283. The van der Waals surface area contributed by atoms with E-state index in [0.29, 0.717) is 69.1 Å². The summed E-state index contributed by atoms with van der Waals surface area (Å²) < 4.78 is 56.1. The summed E-state index contributed by atoms with van der Waals surface area (Å²) in [6.45, 7) is 3.14. The zero-order valence-electron chi connectivity index (χ0n) is 32.7. The van der Waals surface area contributed by atoms with E-state index in [4.69, 9.17) is 18.9 Å². The van der Waals surface area contributed by atoms with E-state index < -0.39 is 23.6 Å². The van der Waals surface area contributed by atoms with Crippen molar-refractivity contribution in [3.63, 3.8) is 0 Å². The summed E-state index contributed by atoms with van der Waals surface area (Å²) in [5, 5.41) is 1.27. The van der Waals surface area contributed by atoms with Crippen LogP contribution in [0.2, 0.25) is 0 Å². The number of para-hydroxylation sites is 3. The second-order valence-corrected chi connectivity index (χ2v) is 14.2. The van der Waals surface area contributed by atoms with Gasteiger partial charge in [-0.25, -0.2) is 18.4 Å². The first-order chi connectivity index (χ1) is 28.6. The van der Waals surface area contributed by atoms with Crippen molar-refractivity contribution in [3.8, 4) is 28.7 Å². The molecule has 8 nitrogen and oxygen atoms in total. The lowest BCUT2D eigenvalue weighted by Gasteiger charge is -2.13. The molecule has 0 radical (unpaired) electrons. The van der Waals surface area contributed by atoms with E-state index >= 15 is 0 Å². The Labute approximate surface area is 339 Å². The third-order valence-electron chi connectivity index (χ3n) is 10.6. The quantitative estimate of drug-likeness (QED) is 0.0855. The first-order valence-electron chi connectivity index (χ1n) is 19.1. The summed E-state index contributed by atoms with van der Waals surface area (Å²) in [6, 6.07) is 40.8. The van der Waals surface area contributed by atoms with Gasteiger partial charge >= 0.3 is 11.9 Å².